The fourth-order valence-electron chi connectivity index (χ4n) is 3.86. The first-order valence-electron chi connectivity index (χ1n) is 10.1. The molecule has 4 rings (SSSR count). The first-order chi connectivity index (χ1) is 14.1. The van der Waals surface area contributed by atoms with E-state index in [4.69, 9.17) is 0 Å². The van der Waals surface area contributed by atoms with Gasteiger partial charge in [-0.25, -0.2) is 0 Å². The highest BCUT2D eigenvalue weighted by atomic mass is 16.2. The standard InChI is InChI=1S/C22H27N5O2/c1-24-7-9-26(10-8-24)21(28)18-15-19(17-23-16-18)22(29)27-13-11-25(12-14-27)20-5-3-2-4-6-20/h2-6,15-17H,7-14H2,1H3. The summed E-state index contributed by atoms with van der Waals surface area (Å²) in [5.74, 6) is -0.104. The van der Waals surface area contributed by atoms with Crippen LogP contribution in [0, 0.1) is 0 Å². The summed E-state index contributed by atoms with van der Waals surface area (Å²) in [7, 11) is 2.06. The minimum absolute atomic E-state index is 0.0471. The van der Waals surface area contributed by atoms with E-state index in [0.717, 1.165) is 26.2 Å². The Morgan fingerprint density at radius 3 is 1.83 bits per heavy atom. The maximum absolute atomic E-state index is 13.0. The number of benzene rings is 1. The van der Waals surface area contributed by atoms with Crippen LogP contribution in [0.5, 0.6) is 0 Å². The lowest BCUT2D eigenvalue weighted by Gasteiger charge is -2.36. The molecule has 0 bridgehead atoms. The van der Waals surface area contributed by atoms with E-state index >= 15 is 0 Å². The highest BCUT2D eigenvalue weighted by Gasteiger charge is 2.25. The summed E-state index contributed by atoms with van der Waals surface area (Å²) in [6.07, 6.45) is 3.12. The van der Waals surface area contributed by atoms with E-state index in [9.17, 15) is 9.59 Å². The summed E-state index contributed by atoms with van der Waals surface area (Å²) in [5.41, 5.74) is 2.16. The van der Waals surface area contributed by atoms with Crippen molar-refractivity contribution in [2.24, 2.45) is 0 Å². The first kappa shape index (κ1) is 19.4. The van der Waals surface area contributed by atoms with Crippen LogP contribution in [-0.2, 0) is 0 Å². The van der Waals surface area contributed by atoms with Gasteiger partial charge in [0.1, 0.15) is 0 Å². The van der Waals surface area contributed by atoms with E-state index in [1.54, 1.807) is 18.5 Å². The quantitative estimate of drug-likeness (QED) is 0.790. The number of pyridine rings is 1. The van der Waals surface area contributed by atoms with E-state index in [2.05, 4.69) is 34.0 Å². The molecular weight excluding hydrogens is 366 g/mol. The van der Waals surface area contributed by atoms with Crippen LogP contribution in [0.25, 0.3) is 0 Å². The third-order valence-corrected chi connectivity index (χ3v) is 5.71. The molecule has 0 unspecified atom stereocenters. The Morgan fingerprint density at radius 2 is 1.28 bits per heavy atom. The molecule has 1 aromatic carbocycles. The molecule has 7 heteroatoms. The van der Waals surface area contributed by atoms with Crippen molar-refractivity contribution in [3.63, 3.8) is 0 Å². The first-order valence-corrected chi connectivity index (χ1v) is 10.1. The smallest absolute Gasteiger partial charge is 0.255 e. The SMILES string of the molecule is CN1CCN(C(=O)c2cncc(C(=O)N3CCN(c4ccccc4)CC3)c2)CC1. The minimum Gasteiger partial charge on any atom is -0.368 e. The van der Waals surface area contributed by atoms with Crippen LogP contribution in [0.4, 0.5) is 5.69 Å². The number of hydrogen-bond donors (Lipinski definition) is 0. The molecule has 0 saturated carbocycles. The van der Waals surface area contributed by atoms with Gasteiger partial charge in [-0.3, -0.25) is 14.6 Å². The lowest BCUT2D eigenvalue weighted by molar-refractivity contribution is 0.0663. The van der Waals surface area contributed by atoms with Crippen molar-refractivity contribution in [3.8, 4) is 0 Å². The van der Waals surface area contributed by atoms with Crippen LogP contribution < -0.4 is 4.90 Å². The zero-order valence-electron chi connectivity index (χ0n) is 16.8. The molecule has 0 N–H and O–H groups in total. The van der Waals surface area contributed by atoms with Gasteiger partial charge >= 0.3 is 0 Å². The molecule has 2 aliphatic rings. The molecule has 2 aromatic rings. The fourth-order valence-corrected chi connectivity index (χ4v) is 3.86. The molecule has 1 aromatic heterocycles. The maximum Gasteiger partial charge on any atom is 0.255 e. The number of rotatable bonds is 3. The highest BCUT2D eigenvalue weighted by Crippen LogP contribution is 2.17. The Labute approximate surface area is 171 Å². The van der Waals surface area contributed by atoms with Crippen molar-refractivity contribution in [2.45, 2.75) is 0 Å². The second-order valence-electron chi connectivity index (χ2n) is 7.67. The monoisotopic (exact) mass is 393 g/mol. The second-order valence-corrected chi connectivity index (χ2v) is 7.67. The number of carbonyl (C=O) groups is 2. The van der Waals surface area contributed by atoms with Crippen molar-refractivity contribution >= 4 is 17.5 Å². The zero-order chi connectivity index (χ0) is 20.2. The molecular formula is C22H27N5O2. The summed E-state index contributed by atoms with van der Waals surface area (Å²) in [6.45, 7) is 6.04. The Kier molecular flexibility index (Phi) is 5.76. The average Bonchev–Trinajstić information content (AvgIpc) is 2.79. The molecule has 2 fully saturated rings. The van der Waals surface area contributed by atoms with Gasteiger partial charge in [-0.1, -0.05) is 18.2 Å². The molecule has 2 amide bonds. The van der Waals surface area contributed by atoms with Gasteiger partial charge in [-0.15, -0.1) is 0 Å². The predicted molar refractivity (Wildman–Crippen MR) is 112 cm³/mol. The van der Waals surface area contributed by atoms with E-state index in [-0.39, 0.29) is 11.8 Å². The summed E-state index contributed by atoms with van der Waals surface area (Å²) in [5, 5.41) is 0. The van der Waals surface area contributed by atoms with Crippen LogP contribution >= 0.6 is 0 Å². The molecule has 3 heterocycles. The molecule has 0 radical (unpaired) electrons. The van der Waals surface area contributed by atoms with Gasteiger partial charge < -0.3 is 19.6 Å². The summed E-state index contributed by atoms with van der Waals surface area (Å²) >= 11 is 0. The van der Waals surface area contributed by atoms with Crippen LogP contribution in [0.15, 0.2) is 48.8 Å². The zero-order valence-corrected chi connectivity index (χ0v) is 16.8. The maximum atomic E-state index is 13.0. The Morgan fingerprint density at radius 1 is 0.759 bits per heavy atom. The third-order valence-electron chi connectivity index (χ3n) is 5.71. The van der Waals surface area contributed by atoms with Crippen molar-refractivity contribution in [2.75, 3.05) is 64.3 Å². The molecule has 29 heavy (non-hydrogen) atoms. The topological polar surface area (TPSA) is 60.0 Å². The highest BCUT2D eigenvalue weighted by molar-refractivity contribution is 5.99. The van der Waals surface area contributed by atoms with Crippen LogP contribution in [0.1, 0.15) is 20.7 Å². The normalized spacial score (nSPS) is 18.0. The van der Waals surface area contributed by atoms with Gasteiger partial charge in [0.25, 0.3) is 11.8 Å². The molecule has 0 atom stereocenters. The van der Waals surface area contributed by atoms with E-state index < -0.39 is 0 Å². The number of amides is 2. The number of carbonyl (C=O) groups excluding carboxylic acids is 2. The lowest BCUT2D eigenvalue weighted by atomic mass is 10.1. The Hall–Kier alpha value is -2.93. The molecule has 7 nitrogen and oxygen atoms in total. The van der Waals surface area contributed by atoms with Crippen molar-refractivity contribution in [1.82, 2.24) is 19.7 Å². The van der Waals surface area contributed by atoms with E-state index in [0.29, 0.717) is 37.3 Å². The molecule has 0 aliphatic carbocycles. The van der Waals surface area contributed by atoms with Gasteiger partial charge in [-0.05, 0) is 25.2 Å². The lowest BCUT2D eigenvalue weighted by Crippen LogP contribution is -2.49. The number of aromatic nitrogens is 1. The summed E-state index contributed by atoms with van der Waals surface area (Å²) < 4.78 is 0. The second kappa shape index (κ2) is 8.61. The molecule has 2 saturated heterocycles. The summed E-state index contributed by atoms with van der Waals surface area (Å²) in [4.78, 5) is 38.1. The van der Waals surface area contributed by atoms with Crippen LogP contribution in [0.2, 0.25) is 0 Å². The number of nitrogens with zero attached hydrogens (tertiary/aromatic N) is 5. The number of anilines is 1. The van der Waals surface area contributed by atoms with E-state index in [1.165, 1.54) is 5.69 Å². The number of para-hydroxylation sites is 1. The fraction of sp³-hybridized carbons (Fsp3) is 0.409. The predicted octanol–water partition coefficient (Wildman–Crippen LogP) is 1.43. The van der Waals surface area contributed by atoms with Crippen LogP contribution in [-0.4, -0.2) is 90.9 Å². The number of likely N-dealkylation sites (N-methyl/N-ethyl adjacent to an activating group) is 1. The number of hydrogen-bond acceptors (Lipinski definition) is 5. The van der Waals surface area contributed by atoms with Gasteiger partial charge in [0.2, 0.25) is 0 Å². The van der Waals surface area contributed by atoms with E-state index in [1.807, 2.05) is 28.0 Å². The Balaban J connectivity index is 1.39. The largest absolute Gasteiger partial charge is 0.368 e. The van der Waals surface area contributed by atoms with Crippen molar-refractivity contribution in [1.29, 1.82) is 0 Å². The van der Waals surface area contributed by atoms with Gasteiger partial charge in [0.05, 0.1) is 11.1 Å². The number of piperazine rings is 2. The minimum atomic E-state index is -0.0572. The third kappa shape index (κ3) is 4.40. The van der Waals surface area contributed by atoms with Crippen molar-refractivity contribution < 1.29 is 9.59 Å². The van der Waals surface area contributed by atoms with Crippen LogP contribution in [0.3, 0.4) is 0 Å². The summed E-state index contributed by atoms with van der Waals surface area (Å²) in [6, 6.07) is 11.9. The molecule has 0 spiro atoms. The molecule has 152 valence electrons. The van der Waals surface area contributed by atoms with Gasteiger partial charge in [0.15, 0.2) is 0 Å². The van der Waals surface area contributed by atoms with Gasteiger partial charge in [-0.2, -0.15) is 0 Å². The average molecular weight is 393 g/mol. The van der Waals surface area contributed by atoms with Crippen molar-refractivity contribution in [3.05, 3.63) is 59.9 Å². The molecule has 2 aliphatic heterocycles. The Bertz CT molecular complexity index is 857. The van der Waals surface area contributed by atoms with Gasteiger partial charge in [0, 0.05) is 70.4 Å².